The Hall–Kier alpha value is -4.10. The fourth-order valence-electron chi connectivity index (χ4n) is 3.94. The highest BCUT2D eigenvalue weighted by molar-refractivity contribution is 6.46. The monoisotopic (exact) mass is 477 g/mol. The van der Waals surface area contributed by atoms with E-state index in [1.165, 1.54) is 30.2 Å². The molecule has 3 aromatic rings. The third-order valence-corrected chi connectivity index (χ3v) is 5.84. The van der Waals surface area contributed by atoms with Crippen LogP contribution in [0.1, 0.15) is 33.1 Å². The minimum absolute atomic E-state index is 0.0265. The van der Waals surface area contributed by atoms with Gasteiger partial charge in [0.15, 0.2) is 0 Å². The zero-order valence-electron chi connectivity index (χ0n) is 18.1. The highest BCUT2D eigenvalue weighted by Gasteiger charge is 2.46. The van der Waals surface area contributed by atoms with Crippen LogP contribution in [0.25, 0.3) is 5.76 Å². The first-order valence-corrected chi connectivity index (χ1v) is 10.7. The van der Waals surface area contributed by atoms with Gasteiger partial charge >= 0.3 is 5.97 Å². The van der Waals surface area contributed by atoms with Crippen LogP contribution in [-0.2, 0) is 16.1 Å². The molecule has 1 atom stereocenters. The molecule has 1 aliphatic rings. The minimum atomic E-state index is -1.06. The molecule has 4 rings (SSSR count). The van der Waals surface area contributed by atoms with E-state index in [2.05, 4.69) is 0 Å². The molecule has 2 N–H and O–H groups in total. The summed E-state index contributed by atoms with van der Waals surface area (Å²) >= 11 is 6.07. The van der Waals surface area contributed by atoms with Crippen molar-refractivity contribution in [2.45, 2.75) is 12.6 Å². The summed E-state index contributed by atoms with van der Waals surface area (Å²) in [7, 11) is 1.51. The SMILES string of the molecule is COc1cccc(C2/C(=C(\O)c3cccc(Cl)c3)C(=O)C(=O)N2Cc2ccc(C(=O)O)cc2)c1. The third kappa shape index (κ3) is 4.38. The van der Waals surface area contributed by atoms with Gasteiger partial charge in [-0.15, -0.1) is 0 Å². The summed E-state index contributed by atoms with van der Waals surface area (Å²) < 4.78 is 5.31. The van der Waals surface area contributed by atoms with Crippen LogP contribution in [0.4, 0.5) is 0 Å². The number of methoxy groups -OCH3 is 1. The lowest BCUT2D eigenvalue weighted by atomic mass is 9.95. The Labute approximate surface area is 200 Å². The number of Topliss-reactive ketones (excluding diaryl/α,β-unsaturated/α-hetero) is 1. The number of carbonyl (C=O) groups is 3. The Morgan fingerprint density at radius 3 is 2.32 bits per heavy atom. The number of rotatable bonds is 6. The lowest BCUT2D eigenvalue weighted by molar-refractivity contribution is -0.140. The van der Waals surface area contributed by atoms with E-state index >= 15 is 0 Å². The van der Waals surface area contributed by atoms with Crippen molar-refractivity contribution in [1.82, 2.24) is 4.90 Å². The number of benzene rings is 3. The Kier molecular flexibility index (Phi) is 6.38. The summed E-state index contributed by atoms with van der Waals surface area (Å²) in [5.41, 5.74) is 1.55. The van der Waals surface area contributed by atoms with Crippen LogP contribution in [0.15, 0.2) is 78.4 Å². The number of hydrogen-bond donors (Lipinski definition) is 2. The topological polar surface area (TPSA) is 104 Å². The van der Waals surface area contributed by atoms with Gasteiger partial charge in [0.2, 0.25) is 0 Å². The molecule has 3 aromatic carbocycles. The molecule has 7 nitrogen and oxygen atoms in total. The molecule has 0 aromatic heterocycles. The molecule has 1 saturated heterocycles. The number of nitrogens with zero attached hydrogens (tertiary/aromatic N) is 1. The molecule has 1 aliphatic heterocycles. The lowest BCUT2D eigenvalue weighted by Gasteiger charge is -2.26. The number of carbonyl (C=O) groups excluding carboxylic acids is 2. The van der Waals surface area contributed by atoms with Crippen molar-refractivity contribution in [1.29, 1.82) is 0 Å². The average Bonchev–Trinajstić information content (AvgIpc) is 3.09. The van der Waals surface area contributed by atoms with Crippen LogP contribution in [0, 0.1) is 0 Å². The third-order valence-electron chi connectivity index (χ3n) is 5.60. The number of ether oxygens (including phenoxy) is 1. The largest absolute Gasteiger partial charge is 0.507 e. The van der Waals surface area contributed by atoms with Gasteiger partial charge in [-0.1, -0.05) is 48.0 Å². The van der Waals surface area contributed by atoms with Crippen molar-refractivity contribution in [3.8, 4) is 5.75 Å². The molecule has 0 aliphatic carbocycles. The Balaban J connectivity index is 1.84. The maximum absolute atomic E-state index is 13.1. The zero-order chi connectivity index (χ0) is 24.4. The van der Waals surface area contributed by atoms with Crippen molar-refractivity contribution < 1.29 is 29.3 Å². The average molecular weight is 478 g/mol. The van der Waals surface area contributed by atoms with Crippen molar-refractivity contribution >= 4 is 35.0 Å². The number of carboxylic acid groups (broad SMARTS) is 1. The highest BCUT2D eigenvalue weighted by Crippen LogP contribution is 2.41. The summed E-state index contributed by atoms with van der Waals surface area (Å²) in [4.78, 5) is 38.8. The molecule has 34 heavy (non-hydrogen) atoms. The smallest absolute Gasteiger partial charge is 0.335 e. The van der Waals surface area contributed by atoms with Gasteiger partial charge in [-0.25, -0.2) is 4.79 Å². The van der Waals surface area contributed by atoms with Crippen LogP contribution in [-0.4, -0.2) is 39.9 Å². The molecule has 0 radical (unpaired) electrons. The van der Waals surface area contributed by atoms with Gasteiger partial charge in [-0.2, -0.15) is 0 Å². The first-order chi connectivity index (χ1) is 16.3. The van der Waals surface area contributed by atoms with Crippen LogP contribution in [0.5, 0.6) is 5.75 Å². The summed E-state index contributed by atoms with van der Waals surface area (Å²) in [6.07, 6.45) is 0. The minimum Gasteiger partial charge on any atom is -0.507 e. The van der Waals surface area contributed by atoms with Crippen molar-refractivity contribution in [2.75, 3.05) is 7.11 Å². The number of aromatic carboxylic acids is 1. The van der Waals surface area contributed by atoms with E-state index in [4.69, 9.17) is 21.4 Å². The van der Waals surface area contributed by atoms with Crippen LogP contribution < -0.4 is 4.74 Å². The molecule has 0 spiro atoms. The number of aliphatic hydroxyl groups excluding tert-OH is 1. The molecule has 1 amide bonds. The van der Waals surface area contributed by atoms with Gasteiger partial charge in [0.25, 0.3) is 11.7 Å². The molecule has 1 heterocycles. The number of likely N-dealkylation sites (tertiary alicyclic amines) is 1. The number of ketones is 1. The summed E-state index contributed by atoms with van der Waals surface area (Å²) in [6, 6.07) is 18.4. The number of amides is 1. The normalized spacial score (nSPS) is 17.1. The van der Waals surface area contributed by atoms with Gasteiger partial charge in [-0.05, 0) is 47.5 Å². The predicted octanol–water partition coefficient (Wildman–Crippen LogP) is 4.67. The molecule has 1 unspecified atom stereocenters. The van der Waals surface area contributed by atoms with Gasteiger partial charge in [0.1, 0.15) is 11.5 Å². The van der Waals surface area contributed by atoms with E-state index in [0.717, 1.165) is 0 Å². The predicted molar refractivity (Wildman–Crippen MR) is 126 cm³/mol. The van der Waals surface area contributed by atoms with E-state index < -0.39 is 23.7 Å². The molecule has 1 fully saturated rings. The maximum atomic E-state index is 13.1. The van der Waals surface area contributed by atoms with E-state index in [9.17, 15) is 19.5 Å². The summed E-state index contributed by atoms with van der Waals surface area (Å²) in [6.45, 7) is 0.0265. The summed E-state index contributed by atoms with van der Waals surface area (Å²) in [5, 5.41) is 20.6. The molecule has 8 heteroatoms. The van der Waals surface area contributed by atoms with Crippen molar-refractivity contribution in [3.63, 3.8) is 0 Å². The second kappa shape index (κ2) is 9.41. The van der Waals surface area contributed by atoms with Gasteiger partial charge in [0, 0.05) is 17.1 Å². The quantitative estimate of drug-likeness (QED) is 0.304. The van der Waals surface area contributed by atoms with E-state index in [0.29, 0.717) is 27.5 Å². The number of halogens is 1. The standard InChI is InChI=1S/C26H20ClNO6/c1-34-20-7-3-4-17(13-20)22-21(23(29)18-5-2-6-19(27)12-18)24(30)25(31)28(22)14-15-8-10-16(11-9-15)26(32)33/h2-13,22,29H,14H2,1H3,(H,32,33)/b23-21+. The van der Waals surface area contributed by atoms with E-state index in [1.807, 2.05) is 0 Å². The maximum Gasteiger partial charge on any atom is 0.335 e. The number of carboxylic acids is 1. The van der Waals surface area contributed by atoms with Gasteiger partial charge in [0.05, 0.1) is 24.3 Å². The number of hydrogen-bond acceptors (Lipinski definition) is 5. The molecular formula is C26H20ClNO6. The van der Waals surface area contributed by atoms with E-state index in [1.54, 1.807) is 54.6 Å². The Morgan fingerprint density at radius 1 is 0.971 bits per heavy atom. The van der Waals surface area contributed by atoms with Crippen LogP contribution >= 0.6 is 11.6 Å². The highest BCUT2D eigenvalue weighted by atomic mass is 35.5. The van der Waals surface area contributed by atoms with Crippen molar-refractivity contribution in [3.05, 3.63) is 106 Å². The summed E-state index contributed by atoms with van der Waals surface area (Å²) in [5.74, 6) is -2.48. The fraction of sp³-hybridized carbons (Fsp3) is 0.115. The first kappa shape index (κ1) is 23.1. The number of aliphatic hydroxyl groups is 1. The molecule has 0 bridgehead atoms. The molecular weight excluding hydrogens is 458 g/mol. The van der Waals surface area contributed by atoms with Crippen molar-refractivity contribution in [2.24, 2.45) is 0 Å². The van der Waals surface area contributed by atoms with Gasteiger partial charge in [-0.3, -0.25) is 9.59 Å². The van der Waals surface area contributed by atoms with Crippen LogP contribution in [0.2, 0.25) is 5.02 Å². The zero-order valence-corrected chi connectivity index (χ0v) is 18.8. The first-order valence-electron chi connectivity index (χ1n) is 10.3. The lowest BCUT2D eigenvalue weighted by Crippen LogP contribution is -2.29. The fourth-order valence-corrected chi connectivity index (χ4v) is 4.13. The molecule has 172 valence electrons. The second-order valence-electron chi connectivity index (χ2n) is 7.72. The van der Waals surface area contributed by atoms with Gasteiger partial charge < -0.3 is 19.8 Å². The Morgan fingerprint density at radius 2 is 1.68 bits per heavy atom. The molecule has 0 saturated carbocycles. The second-order valence-corrected chi connectivity index (χ2v) is 8.15. The van der Waals surface area contributed by atoms with Crippen LogP contribution in [0.3, 0.4) is 0 Å². The Bertz CT molecular complexity index is 1310. The van der Waals surface area contributed by atoms with E-state index in [-0.39, 0.29) is 23.4 Å².